The van der Waals surface area contributed by atoms with E-state index in [4.69, 9.17) is 9.47 Å². The fourth-order valence-electron chi connectivity index (χ4n) is 2.02. The summed E-state index contributed by atoms with van der Waals surface area (Å²) in [4.78, 5) is 49.3. The van der Waals surface area contributed by atoms with Crippen LogP contribution in [0.25, 0.3) is 0 Å². The molecule has 0 aromatic heterocycles. The Hall–Kier alpha value is -2.64. The minimum absolute atomic E-state index is 0.247. The third kappa shape index (κ3) is 6.64. The number of hydrogen-bond donors (Lipinski definition) is 0. The lowest BCUT2D eigenvalue weighted by Crippen LogP contribution is -2.49. The number of nitrogens with zero attached hydrogens (tertiary/aromatic N) is 2. The molecule has 24 heavy (non-hydrogen) atoms. The van der Waals surface area contributed by atoms with Gasteiger partial charge in [-0.2, -0.15) is 0 Å². The van der Waals surface area contributed by atoms with Gasteiger partial charge in [-0.05, 0) is 13.8 Å². The third-order valence-electron chi connectivity index (χ3n) is 3.20. The predicted octanol–water partition coefficient (Wildman–Crippen LogP) is -0.104. The lowest BCUT2D eigenvalue weighted by molar-refractivity contribution is -0.138. The molecule has 0 radical (unpaired) electrons. The van der Waals surface area contributed by atoms with E-state index in [9.17, 15) is 19.2 Å². The summed E-state index contributed by atoms with van der Waals surface area (Å²) in [5.74, 6) is -1.75. The molecule has 0 N–H and O–H groups in total. The van der Waals surface area contributed by atoms with Crippen LogP contribution in [0.15, 0.2) is 24.3 Å². The highest BCUT2D eigenvalue weighted by molar-refractivity contribution is 5.96. The maximum atomic E-state index is 11.9. The van der Waals surface area contributed by atoms with Gasteiger partial charge in [-0.1, -0.05) is 0 Å². The number of amides is 2. The average molecular weight is 338 g/mol. The molecule has 0 unspecified atom stereocenters. The van der Waals surface area contributed by atoms with Gasteiger partial charge in [0.2, 0.25) is 11.8 Å². The van der Waals surface area contributed by atoms with Gasteiger partial charge in [-0.15, -0.1) is 0 Å². The van der Waals surface area contributed by atoms with E-state index < -0.39 is 11.9 Å². The molecule has 1 aliphatic rings. The van der Waals surface area contributed by atoms with Gasteiger partial charge in [0.1, 0.15) is 0 Å². The second-order valence-electron chi connectivity index (χ2n) is 4.82. The van der Waals surface area contributed by atoms with Crippen LogP contribution in [-0.4, -0.2) is 72.9 Å². The molecule has 1 fully saturated rings. The van der Waals surface area contributed by atoms with Gasteiger partial charge in [0.15, 0.2) is 0 Å². The summed E-state index contributed by atoms with van der Waals surface area (Å²) in [5, 5.41) is 0. The van der Waals surface area contributed by atoms with Crippen LogP contribution in [0.3, 0.4) is 0 Å². The molecular weight excluding hydrogens is 316 g/mol. The molecular formula is C16H22N2O6. The van der Waals surface area contributed by atoms with Crippen molar-refractivity contribution >= 4 is 23.8 Å². The summed E-state index contributed by atoms with van der Waals surface area (Å²) in [6.07, 6.45) is 4.50. The molecule has 1 saturated heterocycles. The van der Waals surface area contributed by atoms with E-state index in [1.54, 1.807) is 13.8 Å². The summed E-state index contributed by atoms with van der Waals surface area (Å²) in [5.41, 5.74) is 0. The molecule has 1 heterocycles. The van der Waals surface area contributed by atoms with Crippen molar-refractivity contribution in [2.45, 2.75) is 13.8 Å². The Labute approximate surface area is 140 Å². The fraction of sp³-hybridized carbons (Fsp3) is 0.500. The van der Waals surface area contributed by atoms with Crippen molar-refractivity contribution in [2.75, 3.05) is 39.4 Å². The summed E-state index contributed by atoms with van der Waals surface area (Å²) in [6.45, 7) is 5.27. The molecule has 1 rings (SSSR count). The lowest BCUT2D eigenvalue weighted by atomic mass is 10.3. The lowest BCUT2D eigenvalue weighted by Gasteiger charge is -2.33. The smallest absolute Gasteiger partial charge is 0.330 e. The zero-order valence-electron chi connectivity index (χ0n) is 13.9. The highest BCUT2D eigenvalue weighted by Gasteiger charge is 2.22. The van der Waals surface area contributed by atoms with Gasteiger partial charge < -0.3 is 19.3 Å². The molecule has 0 aromatic carbocycles. The van der Waals surface area contributed by atoms with E-state index >= 15 is 0 Å². The van der Waals surface area contributed by atoms with Gasteiger partial charge in [0.05, 0.1) is 13.2 Å². The van der Waals surface area contributed by atoms with Crippen LogP contribution >= 0.6 is 0 Å². The second kappa shape index (κ2) is 10.2. The first-order chi connectivity index (χ1) is 11.5. The Morgan fingerprint density at radius 3 is 1.33 bits per heavy atom. The zero-order chi connectivity index (χ0) is 17.9. The zero-order valence-corrected chi connectivity index (χ0v) is 13.9. The van der Waals surface area contributed by atoms with Crippen molar-refractivity contribution in [1.29, 1.82) is 0 Å². The van der Waals surface area contributed by atoms with E-state index in [2.05, 4.69) is 0 Å². The number of piperazine rings is 1. The number of carbonyl (C=O) groups is 4. The highest BCUT2D eigenvalue weighted by atomic mass is 16.5. The van der Waals surface area contributed by atoms with Crippen LogP contribution in [0.5, 0.6) is 0 Å². The Balaban J connectivity index is 2.43. The van der Waals surface area contributed by atoms with Crippen LogP contribution in [0, 0.1) is 0 Å². The van der Waals surface area contributed by atoms with Gasteiger partial charge in [-0.3, -0.25) is 9.59 Å². The largest absolute Gasteiger partial charge is 0.463 e. The van der Waals surface area contributed by atoms with Crippen molar-refractivity contribution < 1.29 is 28.7 Å². The SMILES string of the molecule is CCOC(=O)/C=C/C(=O)N1CCN(C(=O)/C=C/C(=O)OCC)CC1. The fourth-order valence-corrected chi connectivity index (χ4v) is 2.02. The summed E-state index contributed by atoms with van der Waals surface area (Å²) >= 11 is 0. The molecule has 2 amide bonds. The predicted molar refractivity (Wildman–Crippen MR) is 84.7 cm³/mol. The summed E-state index contributed by atoms with van der Waals surface area (Å²) in [6, 6.07) is 0. The molecule has 0 aromatic rings. The van der Waals surface area contributed by atoms with Crippen molar-refractivity contribution in [3.8, 4) is 0 Å². The molecule has 1 aliphatic heterocycles. The minimum Gasteiger partial charge on any atom is -0.463 e. The first kappa shape index (κ1) is 19.4. The Bertz CT molecular complexity index is 485. The maximum absolute atomic E-state index is 11.9. The first-order valence-corrected chi connectivity index (χ1v) is 7.75. The van der Waals surface area contributed by atoms with Crippen molar-refractivity contribution in [3.63, 3.8) is 0 Å². The molecule has 0 atom stereocenters. The number of rotatable bonds is 6. The van der Waals surface area contributed by atoms with Crippen LogP contribution in [0.1, 0.15) is 13.8 Å². The standard InChI is InChI=1S/C16H22N2O6/c1-3-23-15(21)7-5-13(19)17-9-11-18(12-10-17)14(20)6-8-16(22)24-4-2/h5-8H,3-4,9-12H2,1-2H3/b7-5+,8-6+. The van der Waals surface area contributed by atoms with Crippen molar-refractivity contribution in [1.82, 2.24) is 9.80 Å². The van der Waals surface area contributed by atoms with E-state index in [0.717, 1.165) is 24.3 Å². The second-order valence-corrected chi connectivity index (χ2v) is 4.82. The van der Waals surface area contributed by atoms with Gasteiger partial charge in [0.25, 0.3) is 0 Å². The number of esters is 2. The van der Waals surface area contributed by atoms with E-state index in [0.29, 0.717) is 26.2 Å². The van der Waals surface area contributed by atoms with Crippen LogP contribution in [0.4, 0.5) is 0 Å². The van der Waals surface area contributed by atoms with Crippen LogP contribution < -0.4 is 0 Å². The van der Waals surface area contributed by atoms with E-state index in [-0.39, 0.29) is 25.0 Å². The Morgan fingerprint density at radius 1 is 0.708 bits per heavy atom. The molecule has 8 heteroatoms. The van der Waals surface area contributed by atoms with Crippen molar-refractivity contribution in [3.05, 3.63) is 24.3 Å². The van der Waals surface area contributed by atoms with Crippen LogP contribution in [-0.2, 0) is 28.7 Å². The van der Waals surface area contributed by atoms with Gasteiger partial charge in [-0.25, -0.2) is 9.59 Å². The highest BCUT2D eigenvalue weighted by Crippen LogP contribution is 2.04. The topological polar surface area (TPSA) is 93.2 Å². The Kier molecular flexibility index (Phi) is 8.24. The van der Waals surface area contributed by atoms with Gasteiger partial charge in [0, 0.05) is 50.5 Å². The number of carbonyl (C=O) groups excluding carboxylic acids is 4. The number of ether oxygens (including phenoxy) is 2. The maximum Gasteiger partial charge on any atom is 0.330 e. The molecule has 0 aliphatic carbocycles. The normalized spacial score (nSPS) is 14.9. The average Bonchev–Trinajstić information content (AvgIpc) is 2.58. The molecule has 0 bridgehead atoms. The van der Waals surface area contributed by atoms with Gasteiger partial charge >= 0.3 is 11.9 Å². The van der Waals surface area contributed by atoms with Crippen LogP contribution in [0.2, 0.25) is 0 Å². The molecule has 0 saturated carbocycles. The third-order valence-corrected chi connectivity index (χ3v) is 3.20. The Morgan fingerprint density at radius 2 is 1.04 bits per heavy atom. The molecule has 0 spiro atoms. The summed E-state index contributed by atoms with van der Waals surface area (Å²) in [7, 11) is 0. The van der Waals surface area contributed by atoms with E-state index in [1.807, 2.05) is 0 Å². The monoisotopic (exact) mass is 338 g/mol. The molecule has 132 valence electrons. The van der Waals surface area contributed by atoms with Crippen molar-refractivity contribution in [2.24, 2.45) is 0 Å². The summed E-state index contributed by atoms with van der Waals surface area (Å²) < 4.78 is 9.39. The first-order valence-electron chi connectivity index (χ1n) is 7.75. The number of hydrogen-bond acceptors (Lipinski definition) is 6. The quantitative estimate of drug-likeness (QED) is 0.496. The van der Waals surface area contributed by atoms with E-state index in [1.165, 1.54) is 9.80 Å². The molecule has 8 nitrogen and oxygen atoms in total. The minimum atomic E-state index is -0.566.